The zero-order chi connectivity index (χ0) is 9.97. The normalized spacial score (nSPS) is 13.3. The standard InChI is InChI=1S/C9H12N4O/c10-3-1-8(14)7-2-5-13-6-4-11-9(13)12-7/h2,4-6,8,14H,1,3,10H2. The highest BCUT2D eigenvalue weighted by molar-refractivity contribution is 5.29. The van der Waals surface area contributed by atoms with Crippen LogP contribution in [-0.2, 0) is 0 Å². The van der Waals surface area contributed by atoms with Gasteiger partial charge in [0.15, 0.2) is 0 Å². The molecule has 3 N–H and O–H groups in total. The van der Waals surface area contributed by atoms with E-state index in [-0.39, 0.29) is 0 Å². The lowest BCUT2D eigenvalue weighted by Gasteiger charge is -2.07. The molecular weight excluding hydrogens is 180 g/mol. The van der Waals surface area contributed by atoms with Crippen LogP contribution in [0.5, 0.6) is 0 Å². The highest BCUT2D eigenvalue weighted by Gasteiger charge is 2.08. The number of aromatic nitrogens is 3. The number of imidazole rings is 1. The Morgan fingerprint density at radius 1 is 1.50 bits per heavy atom. The molecule has 0 aromatic carbocycles. The SMILES string of the molecule is NCCC(O)c1ccn2ccnc2n1. The van der Waals surface area contributed by atoms with Crippen LogP contribution in [0, 0.1) is 0 Å². The summed E-state index contributed by atoms with van der Waals surface area (Å²) in [7, 11) is 0. The first-order chi connectivity index (χ1) is 6.81. The van der Waals surface area contributed by atoms with E-state index in [1.165, 1.54) is 0 Å². The first-order valence-electron chi connectivity index (χ1n) is 4.49. The first kappa shape index (κ1) is 9.11. The van der Waals surface area contributed by atoms with Gasteiger partial charge in [0.1, 0.15) is 0 Å². The predicted octanol–water partition coefficient (Wildman–Crippen LogP) is 0.112. The van der Waals surface area contributed by atoms with Gasteiger partial charge in [-0.05, 0) is 19.0 Å². The number of fused-ring (bicyclic) bond motifs is 1. The van der Waals surface area contributed by atoms with Crippen molar-refractivity contribution in [1.82, 2.24) is 14.4 Å². The summed E-state index contributed by atoms with van der Waals surface area (Å²) in [5.74, 6) is 0.596. The molecule has 74 valence electrons. The number of nitrogens with two attached hydrogens (primary N) is 1. The summed E-state index contributed by atoms with van der Waals surface area (Å²) < 4.78 is 1.79. The van der Waals surface area contributed by atoms with Gasteiger partial charge in [-0.3, -0.25) is 4.40 Å². The average Bonchev–Trinajstić information content (AvgIpc) is 2.64. The van der Waals surface area contributed by atoms with Crippen LogP contribution in [0.15, 0.2) is 24.7 Å². The average molecular weight is 192 g/mol. The molecular formula is C9H12N4O. The van der Waals surface area contributed by atoms with Crippen LogP contribution in [0.4, 0.5) is 0 Å². The molecule has 0 aliphatic rings. The van der Waals surface area contributed by atoms with Crippen molar-refractivity contribution in [2.45, 2.75) is 12.5 Å². The van der Waals surface area contributed by atoms with E-state index in [2.05, 4.69) is 9.97 Å². The molecule has 0 aliphatic heterocycles. The molecule has 0 saturated heterocycles. The van der Waals surface area contributed by atoms with E-state index in [9.17, 15) is 5.11 Å². The number of hydrogen-bond acceptors (Lipinski definition) is 4. The predicted molar refractivity (Wildman–Crippen MR) is 51.6 cm³/mol. The molecule has 0 fully saturated rings. The Bertz CT molecular complexity index is 425. The fourth-order valence-electron chi connectivity index (χ4n) is 1.31. The minimum absolute atomic E-state index is 0.447. The van der Waals surface area contributed by atoms with Gasteiger partial charge in [0.2, 0.25) is 5.78 Å². The van der Waals surface area contributed by atoms with E-state index in [4.69, 9.17) is 5.73 Å². The zero-order valence-corrected chi connectivity index (χ0v) is 7.67. The van der Waals surface area contributed by atoms with Crippen LogP contribution >= 0.6 is 0 Å². The molecule has 0 saturated carbocycles. The van der Waals surface area contributed by atoms with Crippen molar-refractivity contribution in [3.8, 4) is 0 Å². The number of nitrogens with zero attached hydrogens (tertiary/aromatic N) is 3. The van der Waals surface area contributed by atoms with Crippen molar-refractivity contribution in [1.29, 1.82) is 0 Å². The van der Waals surface area contributed by atoms with E-state index < -0.39 is 6.10 Å². The van der Waals surface area contributed by atoms with Crippen molar-refractivity contribution >= 4 is 5.78 Å². The molecule has 5 heteroatoms. The van der Waals surface area contributed by atoms with Crippen molar-refractivity contribution in [2.75, 3.05) is 6.54 Å². The third-order valence-corrected chi connectivity index (χ3v) is 2.06. The molecule has 0 bridgehead atoms. The molecule has 2 aromatic rings. The van der Waals surface area contributed by atoms with Gasteiger partial charge in [-0.2, -0.15) is 0 Å². The van der Waals surface area contributed by atoms with Gasteiger partial charge in [0.05, 0.1) is 11.8 Å². The van der Waals surface area contributed by atoms with Crippen LogP contribution in [0.1, 0.15) is 18.2 Å². The Hall–Kier alpha value is -1.46. The van der Waals surface area contributed by atoms with E-state index in [0.717, 1.165) is 0 Å². The quantitative estimate of drug-likeness (QED) is 0.723. The summed E-state index contributed by atoms with van der Waals surface area (Å²) in [5.41, 5.74) is 5.97. The van der Waals surface area contributed by atoms with Crippen molar-refractivity contribution in [3.63, 3.8) is 0 Å². The van der Waals surface area contributed by atoms with E-state index in [0.29, 0.717) is 24.4 Å². The number of aliphatic hydroxyl groups excluding tert-OH is 1. The lowest BCUT2D eigenvalue weighted by Crippen LogP contribution is -2.08. The topological polar surface area (TPSA) is 76.4 Å². The smallest absolute Gasteiger partial charge is 0.233 e. The summed E-state index contributed by atoms with van der Waals surface area (Å²) in [4.78, 5) is 8.23. The fraction of sp³-hybridized carbons (Fsp3) is 0.333. The summed E-state index contributed by atoms with van der Waals surface area (Å²) in [6.07, 6.45) is 5.22. The Balaban J connectivity index is 2.33. The van der Waals surface area contributed by atoms with E-state index >= 15 is 0 Å². The van der Waals surface area contributed by atoms with Gasteiger partial charge < -0.3 is 10.8 Å². The highest BCUT2D eigenvalue weighted by atomic mass is 16.3. The molecule has 5 nitrogen and oxygen atoms in total. The monoisotopic (exact) mass is 192 g/mol. The van der Waals surface area contributed by atoms with Gasteiger partial charge in [0, 0.05) is 18.6 Å². The van der Waals surface area contributed by atoms with Crippen LogP contribution in [0.25, 0.3) is 5.78 Å². The molecule has 0 aliphatic carbocycles. The molecule has 0 radical (unpaired) electrons. The maximum absolute atomic E-state index is 9.64. The number of hydrogen-bond donors (Lipinski definition) is 2. The largest absolute Gasteiger partial charge is 0.387 e. The second kappa shape index (κ2) is 3.73. The van der Waals surface area contributed by atoms with Crippen molar-refractivity contribution in [3.05, 3.63) is 30.4 Å². The second-order valence-electron chi connectivity index (χ2n) is 3.08. The maximum atomic E-state index is 9.64. The van der Waals surface area contributed by atoms with Crippen molar-refractivity contribution in [2.24, 2.45) is 5.73 Å². The van der Waals surface area contributed by atoms with Crippen LogP contribution in [0.3, 0.4) is 0 Å². The summed E-state index contributed by atoms with van der Waals surface area (Å²) >= 11 is 0. The maximum Gasteiger partial charge on any atom is 0.233 e. The summed E-state index contributed by atoms with van der Waals surface area (Å²) in [5, 5.41) is 9.64. The Labute approximate surface area is 81.2 Å². The fourth-order valence-corrected chi connectivity index (χ4v) is 1.31. The zero-order valence-electron chi connectivity index (χ0n) is 7.67. The lowest BCUT2D eigenvalue weighted by molar-refractivity contribution is 0.165. The van der Waals surface area contributed by atoms with Gasteiger partial charge in [0.25, 0.3) is 0 Å². The van der Waals surface area contributed by atoms with E-state index in [1.54, 1.807) is 22.9 Å². The van der Waals surface area contributed by atoms with Gasteiger partial charge in [-0.1, -0.05) is 0 Å². The minimum atomic E-state index is -0.596. The summed E-state index contributed by atoms with van der Waals surface area (Å²) in [6, 6.07) is 1.77. The number of rotatable bonds is 3. The lowest BCUT2D eigenvalue weighted by atomic mass is 10.2. The third kappa shape index (κ3) is 1.59. The molecule has 0 spiro atoms. The number of aliphatic hydroxyl groups is 1. The van der Waals surface area contributed by atoms with Crippen LogP contribution in [-0.4, -0.2) is 26.0 Å². The Morgan fingerprint density at radius 3 is 3.14 bits per heavy atom. The highest BCUT2D eigenvalue weighted by Crippen LogP contribution is 2.13. The van der Waals surface area contributed by atoms with Gasteiger partial charge >= 0.3 is 0 Å². The first-order valence-corrected chi connectivity index (χ1v) is 4.49. The molecule has 2 aromatic heterocycles. The van der Waals surface area contributed by atoms with Crippen LogP contribution < -0.4 is 5.73 Å². The third-order valence-electron chi connectivity index (χ3n) is 2.06. The molecule has 14 heavy (non-hydrogen) atoms. The van der Waals surface area contributed by atoms with E-state index in [1.807, 2.05) is 6.20 Å². The molecule has 0 amide bonds. The van der Waals surface area contributed by atoms with Gasteiger partial charge in [-0.25, -0.2) is 9.97 Å². The molecule has 1 unspecified atom stereocenters. The van der Waals surface area contributed by atoms with Crippen LogP contribution in [0.2, 0.25) is 0 Å². The molecule has 1 atom stereocenters. The minimum Gasteiger partial charge on any atom is -0.387 e. The Kier molecular flexibility index (Phi) is 2.43. The second-order valence-corrected chi connectivity index (χ2v) is 3.08. The van der Waals surface area contributed by atoms with Crippen molar-refractivity contribution < 1.29 is 5.11 Å². The Morgan fingerprint density at radius 2 is 2.36 bits per heavy atom. The van der Waals surface area contributed by atoms with Gasteiger partial charge in [-0.15, -0.1) is 0 Å². The summed E-state index contributed by atoms with van der Waals surface area (Å²) in [6.45, 7) is 0.447. The molecule has 2 heterocycles. The molecule has 2 rings (SSSR count).